The number of nitrogens with one attached hydrogen (secondary N) is 1. The summed E-state index contributed by atoms with van der Waals surface area (Å²) in [7, 11) is 1.65. The molecule has 0 aliphatic heterocycles. The predicted molar refractivity (Wildman–Crippen MR) is 95.8 cm³/mol. The number of aliphatic hydroxyl groups excluding tert-OH is 1. The van der Waals surface area contributed by atoms with E-state index >= 15 is 0 Å². The largest absolute Gasteiger partial charge is 0.497 e. The summed E-state index contributed by atoms with van der Waals surface area (Å²) in [4.78, 5) is 8.82. The lowest BCUT2D eigenvalue weighted by atomic mass is 10.1. The van der Waals surface area contributed by atoms with E-state index in [-0.39, 0.29) is 18.6 Å². The Balaban J connectivity index is 1.99. The Morgan fingerprint density at radius 1 is 1.24 bits per heavy atom. The first kappa shape index (κ1) is 17.2. The van der Waals surface area contributed by atoms with E-state index in [1.165, 1.54) is 0 Å². The molecular formula is C18H23N5O2. The van der Waals surface area contributed by atoms with Crippen LogP contribution in [0.5, 0.6) is 5.75 Å². The van der Waals surface area contributed by atoms with E-state index in [2.05, 4.69) is 34.2 Å². The zero-order chi connectivity index (χ0) is 18.0. The fraction of sp³-hybridized carbons (Fsp3) is 0.389. The molecule has 0 aliphatic rings. The van der Waals surface area contributed by atoms with Crippen LogP contribution < -0.4 is 10.1 Å². The standard InChI is InChI=1S/C18H23N5O2/c1-11(2)15-9-19-23-17(15)21-16(10-24)22-18(23)20-12(3)13-6-5-7-14(8-13)25-4/h5-9,11-12,24H,10H2,1-4H3,(H,20,21,22)/t12-/m0/s1. The predicted octanol–water partition coefficient (Wildman–Crippen LogP) is 2.92. The van der Waals surface area contributed by atoms with Crippen LogP contribution in [0, 0.1) is 0 Å². The van der Waals surface area contributed by atoms with Crippen LogP contribution in [0.15, 0.2) is 30.5 Å². The molecule has 7 heteroatoms. The van der Waals surface area contributed by atoms with Crippen LogP contribution in [-0.4, -0.2) is 31.8 Å². The molecule has 7 nitrogen and oxygen atoms in total. The van der Waals surface area contributed by atoms with Crippen molar-refractivity contribution in [3.8, 4) is 5.75 Å². The van der Waals surface area contributed by atoms with Crippen LogP contribution >= 0.6 is 0 Å². The summed E-state index contributed by atoms with van der Waals surface area (Å²) in [5, 5.41) is 17.3. The van der Waals surface area contributed by atoms with Crippen LogP contribution in [0.4, 0.5) is 5.95 Å². The van der Waals surface area contributed by atoms with Crippen molar-refractivity contribution in [3.63, 3.8) is 0 Å². The molecule has 3 aromatic rings. The summed E-state index contributed by atoms with van der Waals surface area (Å²) in [5.74, 6) is 2.00. The van der Waals surface area contributed by atoms with Crippen molar-refractivity contribution < 1.29 is 9.84 Å². The average Bonchev–Trinajstić information content (AvgIpc) is 3.06. The zero-order valence-corrected chi connectivity index (χ0v) is 14.9. The van der Waals surface area contributed by atoms with Crippen LogP contribution in [-0.2, 0) is 6.61 Å². The molecule has 0 fully saturated rings. The number of benzene rings is 1. The number of nitrogens with zero attached hydrogens (tertiary/aromatic N) is 4. The highest BCUT2D eigenvalue weighted by molar-refractivity contribution is 5.52. The van der Waals surface area contributed by atoms with Gasteiger partial charge in [-0.25, -0.2) is 4.98 Å². The third kappa shape index (κ3) is 3.41. The number of aliphatic hydroxyl groups is 1. The number of hydrogen-bond donors (Lipinski definition) is 2. The lowest BCUT2D eigenvalue weighted by Gasteiger charge is -2.17. The van der Waals surface area contributed by atoms with E-state index in [0.29, 0.717) is 11.8 Å². The molecule has 0 aliphatic carbocycles. The van der Waals surface area contributed by atoms with E-state index in [9.17, 15) is 5.11 Å². The van der Waals surface area contributed by atoms with Crippen LogP contribution in [0.2, 0.25) is 0 Å². The van der Waals surface area contributed by atoms with Crippen LogP contribution in [0.25, 0.3) is 5.65 Å². The zero-order valence-electron chi connectivity index (χ0n) is 14.9. The molecule has 0 spiro atoms. The topological polar surface area (TPSA) is 84.6 Å². The van der Waals surface area contributed by atoms with E-state index in [0.717, 1.165) is 22.5 Å². The number of methoxy groups -OCH3 is 1. The van der Waals surface area contributed by atoms with Gasteiger partial charge in [-0.3, -0.25) is 0 Å². The Morgan fingerprint density at radius 2 is 2.04 bits per heavy atom. The van der Waals surface area contributed by atoms with E-state index in [1.54, 1.807) is 17.8 Å². The second-order valence-electron chi connectivity index (χ2n) is 6.25. The molecule has 0 unspecified atom stereocenters. The molecule has 0 bridgehead atoms. The molecule has 2 N–H and O–H groups in total. The molecule has 1 atom stereocenters. The summed E-state index contributed by atoms with van der Waals surface area (Å²) >= 11 is 0. The van der Waals surface area contributed by atoms with Crippen molar-refractivity contribution in [2.24, 2.45) is 0 Å². The van der Waals surface area contributed by atoms with Gasteiger partial charge in [0.15, 0.2) is 11.5 Å². The monoisotopic (exact) mass is 341 g/mol. The molecule has 2 aromatic heterocycles. The van der Waals surface area contributed by atoms with Gasteiger partial charge >= 0.3 is 0 Å². The maximum absolute atomic E-state index is 9.51. The average molecular weight is 341 g/mol. The van der Waals surface area contributed by atoms with Crippen molar-refractivity contribution in [2.45, 2.75) is 39.3 Å². The first-order chi connectivity index (χ1) is 12.0. The lowest BCUT2D eigenvalue weighted by molar-refractivity contribution is 0.271. The van der Waals surface area contributed by atoms with Crippen molar-refractivity contribution >= 4 is 11.6 Å². The smallest absolute Gasteiger partial charge is 0.228 e. The summed E-state index contributed by atoms with van der Waals surface area (Å²) in [6.07, 6.45) is 1.80. The molecule has 0 amide bonds. The van der Waals surface area contributed by atoms with Crippen LogP contribution in [0.1, 0.15) is 49.7 Å². The van der Waals surface area contributed by atoms with Crippen molar-refractivity contribution in [1.82, 2.24) is 19.6 Å². The number of fused-ring (bicyclic) bond motifs is 1. The Labute approximate surface area is 146 Å². The molecule has 0 saturated carbocycles. The minimum Gasteiger partial charge on any atom is -0.497 e. The Kier molecular flexibility index (Phi) is 4.85. The summed E-state index contributed by atoms with van der Waals surface area (Å²) in [6, 6.07) is 7.84. The molecular weight excluding hydrogens is 318 g/mol. The van der Waals surface area contributed by atoms with Crippen molar-refractivity contribution in [1.29, 1.82) is 0 Å². The summed E-state index contributed by atoms with van der Waals surface area (Å²) < 4.78 is 6.97. The van der Waals surface area contributed by atoms with Gasteiger partial charge in [0.1, 0.15) is 12.4 Å². The quantitative estimate of drug-likeness (QED) is 0.717. The molecule has 132 valence electrons. The summed E-state index contributed by atoms with van der Waals surface area (Å²) in [6.45, 7) is 5.99. The minimum atomic E-state index is -0.221. The number of anilines is 1. The van der Waals surface area contributed by atoms with E-state index in [1.807, 2.05) is 31.2 Å². The Bertz CT molecular complexity index is 875. The number of hydrogen-bond acceptors (Lipinski definition) is 6. The van der Waals surface area contributed by atoms with E-state index in [4.69, 9.17) is 4.74 Å². The van der Waals surface area contributed by atoms with Gasteiger partial charge in [0.25, 0.3) is 0 Å². The maximum atomic E-state index is 9.51. The fourth-order valence-corrected chi connectivity index (χ4v) is 2.70. The highest BCUT2D eigenvalue weighted by Crippen LogP contribution is 2.24. The van der Waals surface area contributed by atoms with Gasteiger partial charge in [0.2, 0.25) is 5.95 Å². The highest BCUT2D eigenvalue weighted by atomic mass is 16.5. The molecule has 0 radical (unpaired) electrons. The molecule has 3 rings (SSSR count). The van der Waals surface area contributed by atoms with Crippen molar-refractivity contribution in [3.05, 3.63) is 47.4 Å². The van der Waals surface area contributed by atoms with Gasteiger partial charge in [-0.1, -0.05) is 26.0 Å². The third-order valence-electron chi connectivity index (χ3n) is 4.14. The Hall–Kier alpha value is -2.67. The Morgan fingerprint density at radius 3 is 2.72 bits per heavy atom. The molecule has 25 heavy (non-hydrogen) atoms. The van der Waals surface area contributed by atoms with Crippen molar-refractivity contribution in [2.75, 3.05) is 12.4 Å². The van der Waals surface area contributed by atoms with Gasteiger partial charge in [-0.05, 0) is 30.5 Å². The lowest BCUT2D eigenvalue weighted by Crippen LogP contribution is -2.14. The van der Waals surface area contributed by atoms with Gasteiger partial charge < -0.3 is 15.2 Å². The van der Waals surface area contributed by atoms with E-state index < -0.39 is 0 Å². The molecule has 0 saturated heterocycles. The summed E-state index contributed by atoms with van der Waals surface area (Å²) in [5.41, 5.74) is 2.80. The van der Waals surface area contributed by atoms with Gasteiger partial charge in [-0.2, -0.15) is 14.6 Å². The SMILES string of the molecule is COc1cccc([C@H](C)Nc2nc(CO)nc3c(C(C)C)cnn23)c1. The maximum Gasteiger partial charge on any atom is 0.228 e. The number of ether oxygens (including phenoxy) is 1. The number of rotatable bonds is 6. The first-order valence-electron chi connectivity index (χ1n) is 8.29. The molecule has 2 heterocycles. The van der Waals surface area contributed by atoms with Gasteiger partial charge in [-0.15, -0.1) is 0 Å². The fourth-order valence-electron chi connectivity index (χ4n) is 2.70. The van der Waals surface area contributed by atoms with Crippen LogP contribution in [0.3, 0.4) is 0 Å². The highest BCUT2D eigenvalue weighted by Gasteiger charge is 2.16. The van der Waals surface area contributed by atoms with Gasteiger partial charge in [0.05, 0.1) is 19.3 Å². The first-order valence-corrected chi connectivity index (χ1v) is 8.29. The third-order valence-corrected chi connectivity index (χ3v) is 4.14. The second kappa shape index (κ2) is 7.06. The van der Waals surface area contributed by atoms with Gasteiger partial charge in [0, 0.05) is 5.56 Å². The number of aromatic nitrogens is 4. The second-order valence-corrected chi connectivity index (χ2v) is 6.25. The minimum absolute atomic E-state index is 0.0218. The normalized spacial score (nSPS) is 12.6. The molecule has 1 aromatic carbocycles.